The predicted molar refractivity (Wildman–Crippen MR) is 78.5 cm³/mol. The number of nitrogens with zero attached hydrogens (tertiary/aromatic N) is 2. The normalized spacial score (nSPS) is 18.8. The Kier molecular flexibility index (Phi) is 4.80. The van der Waals surface area contributed by atoms with Crippen molar-refractivity contribution in [1.29, 1.82) is 0 Å². The quantitative estimate of drug-likeness (QED) is 0.857. The van der Waals surface area contributed by atoms with E-state index in [4.69, 9.17) is 5.11 Å². The summed E-state index contributed by atoms with van der Waals surface area (Å²) >= 11 is 0. The number of hydrogen-bond donors (Lipinski definition) is 1. The summed E-state index contributed by atoms with van der Waals surface area (Å²) in [7, 11) is -0.394. The van der Waals surface area contributed by atoms with Crippen molar-refractivity contribution >= 4 is 10.2 Å². The van der Waals surface area contributed by atoms with Gasteiger partial charge in [0.2, 0.25) is 0 Å². The molecule has 0 aliphatic heterocycles. The summed E-state index contributed by atoms with van der Waals surface area (Å²) in [4.78, 5) is 0. The van der Waals surface area contributed by atoms with E-state index in [2.05, 4.69) is 6.07 Å². The fraction of sp³-hybridized carbons (Fsp3) is 0.571. The standard InChI is InChI=1S/C14H22N2O3S/c1-15(2)20(18,19)16(10-5-11-17)14-9-8-12-6-3-4-7-13(12)14/h3-4,6-7,14,17H,5,8-11H2,1-2H3. The van der Waals surface area contributed by atoms with Gasteiger partial charge in [0.25, 0.3) is 10.2 Å². The van der Waals surface area contributed by atoms with E-state index < -0.39 is 10.2 Å². The van der Waals surface area contributed by atoms with Gasteiger partial charge >= 0.3 is 0 Å². The first-order valence-electron chi connectivity index (χ1n) is 6.86. The van der Waals surface area contributed by atoms with E-state index in [9.17, 15) is 8.42 Å². The summed E-state index contributed by atoms with van der Waals surface area (Å²) in [5, 5.41) is 9.02. The Labute approximate surface area is 121 Å². The fourth-order valence-corrected chi connectivity index (χ4v) is 4.02. The van der Waals surface area contributed by atoms with Gasteiger partial charge in [0.05, 0.1) is 6.04 Å². The third-order valence-corrected chi connectivity index (χ3v) is 5.70. The van der Waals surface area contributed by atoms with Crippen LogP contribution >= 0.6 is 0 Å². The average molecular weight is 298 g/mol. The molecule has 6 heteroatoms. The van der Waals surface area contributed by atoms with Gasteiger partial charge in [-0.05, 0) is 30.4 Å². The van der Waals surface area contributed by atoms with Crippen molar-refractivity contribution in [2.75, 3.05) is 27.2 Å². The van der Waals surface area contributed by atoms with E-state index in [1.54, 1.807) is 14.1 Å². The van der Waals surface area contributed by atoms with Crippen LogP contribution in [0.5, 0.6) is 0 Å². The molecule has 5 nitrogen and oxygen atoms in total. The molecule has 0 fully saturated rings. The summed E-state index contributed by atoms with van der Waals surface area (Å²) in [6.07, 6.45) is 2.16. The number of fused-ring (bicyclic) bond motifs is 1. The van der Waals surface area contributed by atoms with Gasteiger partial charge in [-0.25, -0.2) is 0 Å². The number of rotatable bonds is 6. The Hall–Kier alpha value is -0.950. The van der Waals surface area contributed by atoms with Crippen LogP contribution in [0.25, 0.3) is 0 Å². The highest BCUT2D eigenvalue weighted by atomic mass is 32.2. The lowest BCUT2D eigenvalue weighted by atomic mass is 10.1. The largest absolute Gasteiger partial charge is 0.396 e. The van der Waals surface area contributed by atoms with Crippen molar-refractivity contribution in [2.45, 2.75) is 25.3 Å². The second kappa shape index (κ2) is 6.22. The van der Waals surface area contributed by atoms with Crippen LogP contribution in [0.4, 0.5) is 0 Å². The van der Waals surface area contributed by atoms with Crippen molar-refractivity contribution in [3.05, 3.63) is 35.4 Å². The SMILES string of the molecule is CN(C)S(=O)(=O)N(CCCO)C1CCc2ccccc21. The molecule has 0 aromatic heterocycles. The molecule has 1 atom stereocenters. The van der Waals surface area contributed by atoms with Crippen LogP contribution in [0.3, 0.4) is 0 Å². The van der Waals surface area contributed by atoms with Crippen LogP contribution < -0.4 is 0 Å². The van der Waals surface area contributed by atoms with Crippen LogP contribution in [0.15, 0.2) is 24.3 Å². The van der Waals surface area contributed by atoms with Gasteiger partial charge < -0.3 is 5.11 Å². The van der Waals surface area contributed by atoms with E-state index >= 15 is 0 Å². The molecule has 0 radical (unpaired) electrons. The van der Waals surface area contributed by atoms with Crippen molar-refractivity contribution in [3.63, 3.8) is 0 Å². The Balaban J connectivity index is 2.34. The maximum atomic E-state index is 12.5. The molecule has 0 saturated heterocycles. The van der Waals surface area contributed by atoms with Crippen LogP contribution in [0, 0.1) is 0 Å². The molecule has 0 spiro atoms. The molecular weight excluding hydrogens is 276 g/mol. The molecule has 20 heavy (non-hydrogen) atoms. The second-order valence-corrected chi connectivity index (χ2v) is 7.33. The van der Waals surface area contributed by atoms with Crippen LogP contribution in [-0.4, -0.2) is 49.4 Å². The zero-order valence-corrected chi connectivity index (χ0v) is 12.8. The van der Waals surface area contributed by atoms with E-state index in [0.717, 1.165) is 18.4 Å². The molecule has 2 rings (SSSR count). The number of aryl methyl sites for hydroxylation is 1. The Bertz CT molecular complexity index is 557. The lowest BCUT2D eigenvalue weighted by molar-refractivity contribution is 0.243. The number of benzene rings is 1. The number of hydrogen-bond acceptors (Lipinski definition) is 3. The third kappa shape index (κ3) is 2.88. The molecule has 1 aromatic carbocycles. The second-order valence-electron chi connectivity index (χ2n) is 5.23. The van der Waals surface area contributed by atoms with E-state index in [1.165, 1.54) is 14.2 Å². The smallest absolute Gasteiger partial charge is 0.282 e. The van der Waals surface area contributed by atoms with E-state index in [0.29, 0.717) is 13.0 Å². The topological polar surface area (TPSA) is 60.9 Å². The van der Waals surface area contributed by atoms with Gasteiger partial charge in [-0.3, -0.25) is 0 Å². The summed E-state index contributed by atoms with van der Waals surface area (Å²) in [5.74, 6) is 0. The van der Waals surface area contributed by atoms with Crippen LogP contribution in [0.2, 0.25) is 0 Å². The molecule has 0 saturated carbocycles. The predicted octanol–water partition coefficient (Wildman–Crippen LogP) is 1.16. The van der Waals surface area contributed by atoms with Gasteiger partial charge in [-0.15, -0.1) is 0 Å². The molecule has 0 amide bonds. The van der Waals surface area contributed by atoms with Crippen molar-refractivity contribution < 1.29 is 13.5 Å². The first kappa shape index (κ1) is 15.4. The maximum absolute atomic E-state index is 12.5. The minimum atomic E-state index is -3.48. The lowest BCUT2D eigenvalue weighted by Crippen LogP contribution is -2.42. The molecular formula is C14H22N2O3S. The van der Waals surface area contributed by atoms with Gasteiger partial charge in [0, 0.05) is 27.2 Å². The first-order valence-corrected chi connectivity index (χ1v) is 8.26. The highest BCUT2D eigenvalue weighted by molar-refractivity contribution is 7.86. The Morgan fingerprint density at radius 3 is 2.65 bits per heavy atom. The van der Waals surface area contributed by atoms with Gasteiger partial charge in [0.1, 0.15) is 0 Å². The highest BCUT2D eigenvalue weighted by Crippen LogP contribution is 2.37. The Morgan fingerprint density at radius 2 is 2.00 bits per heavy atom. The summed E-state index contributed by atoms with van der Waals surface area (Å²) in [6.45, 7) is 0.337. The zero-order valence-electron chi connectivity index (χ0n) is 12.0. The van der Waals surface area contributed by atoms with Crippen molar-refractivity contribution in [1.82, 2.24) is 8.61 Å². The van der Waals surface area contributed by atoms with Crippen molar-refractivity contribution in [2.24, 2.45) is 0 Å². The summed E-state index contributed by atoms with van der Waals surface area (Å²) in [5.41, 5.74) is 2.32. The van der Waals surface area contributed by atoms with Gasteiger partial charge in [-0.1, -0.05) is 24.3 Å². The molecule has 112 valence electrons. The first-order chi connectivity index (χ1) is 9.48. The molecule has 0 heterocycles. The third-order valence-electron chi connectivity index (χ3n) is 3.74. The number of aliphatic hydroxyl groups is 1. The van der Waals surface area contributed by atoms with Crippen LogP contribution in [0.1, 0.15) is 30.0 Å². The van der Waals surface area contributed by atoms with Gasteiger partial charge in [-0.2, -0.15) is 17.0 Å². The van der Waals surface area contributed by atoms with E-state index in [-0.39, 0.29) is 12.6 Å². The van der Waals surface area contributed by atoms with Crippen LogP contribution in [-0.2, 0) is 16.6 Å². The zero-order chi connectivity index (χ0) is 14.8. The molecule has 1 aliphatic carbocycles. The highest BCUT2D eigenvalue weighted by Gasteiger charge is 2.35. The summed E-state index contributed by atoms with van der Waals surface area (Å²) < 4.78 is 27.8. The monoisotopic (exact) mass is 298 g/mol. The lowest BCUT2D eigenvalue weighted by Gasteiger charge is -2.31. The average Bonchev–Trinajstić information content (AvgIpc) is 2.83. The molecule has 1 aromatic rings. The molecule has 1 aliphatic rings. The maximum Gasteiger partial charge on any atom is 0.282 e. The minimum absolute atomic E-state index is 0.00614. The minimum Gasteiger partial charge on any atom is -0.396 e. The van der Waals surface area contributed by atoms with Crippen molar-refractivity contribution in [3.8, 4) is 0 Å². The van der Waals surface area contributed by atoms with E-state index in [1.807, 2.05) is 18.2 Å². The summed E-state index contributed by atoms with van der Waals surface area (Å²) in [6, 6.07) is 7.88. The molecule has 1 N–H and O–H groups in total. The number of aliphatic hydroxyl groups excluding tert-OH is 1. The fourth-order valence-electron chi connectivity index (χ4n) is 2.70. The molecule has 1 unspecified atom stereocenters. The Morgan fingerprint density at radius 1 is 1.30 bits per heavy atom. The molecule has 0 bridgehead atoms. The van der Waals surface area contributed by atoms with Gasteiger partial charge in [0.15, 0.2) is 0 Å².